The predicted octanol–water partition coefficient (Wildman–Crippen LogP) is 1.72. The maximum atomic E-state index is 12.6. The van der Waals surface area contributed by atoms with Gasteiger partial charge in [0, 0.05) is 31.0 Å². The fourth-order valence-corrected chi connectivity index (χ4v) is 3.79. The van der Waals surface area contributed by atoms with Crippen molar-refractivity contribution >= 4 is 17.2 Å². The number of rotatable bonds is 3. The van der Waals surface area contributed by atoms with E-state index in [2.05, 4.69) is 4.90 Å². The van der Waals surface area contributed by atoms with Gasteiger partial charge in [-0.15, -0.1) is 0 Å². The van der Waals surface area contributed by atoms with Gasteiger partial charge in [-0.25, -0.2) is 4.79 Å². The van der Waals surface area contributed by atoms with Gasteiger partial charge in [0.25, 0.3) is 5.56 Å². The lowest BCUT2D eigenvalue weighted by molar-refractivity contribution is 0.0694. The topological polar surface area (TPSA) is 88.0 Å². The summed E-state index contributed by atoms with van der Waals surface area (Å²) in [5, 5.41) is 9.34. The van der Waals surface area contributed by atoms with Gasteiger partial charge in [0.2, 0.25) is 0 Å². The molecule has 0 bridgehead atoms. The van der Waals surface area contributed by atoms with E-state index in [1.54, 1.807) is 12.3 Å². The molecule has 3 N–H and O–H groups in total. The second-order valence-corrected chi connectivity index (χ2v) is 6.94. The van der Waals surface area contributed by atoms with Crippen molar-refractivity contribution in [2.45, 2.75) is 38.1 Å². The smallest absolute Gasteiger partial charge is 0.341 e. The zero-order valence-electron chi connectivity index (χ0n) is 13.7. The highest BCUT2D eigenvalue weighted by molar-refractivity contribution is 5.89. The fraction of sp³-hybridized carbons (Fsp3) is 0.444. The van der Waals surface area contributed by atoms with Crippen molar-refractivity contribution in [3.63, 3.8) is 0 Å². The first-order chi connectivity index (χ1) is 11.5. The Kier molecular flexibility index (Phi) is 3.38. The molecule has 4 rings (SSSR count). The molecule has 0 spiro atoms. The van der Waals surface area contributed by atoms with Crippen LogP contribution in [0.1, 0.15) is 46.7 Å². The molecular weight excluding hydrogens is 306 g/mol. The zero-order chi connectivity index (χ0) is 17.0. The number of fused-ring (bicyclic) bond motifs is 1. The molecule has 2 aromatic rings. The Morgan fingerprint density at radius 3 is 2.67 bits per heavy atom. The number of anilines is 1. The third kappa shape index (κ3) is 2.29. The van der Waals surface area contributed by atoms with Gasteiger partial charge >= 0.3 is 5.97 Å². The number of aromatic nitrogens is 1. The molecule has 126 valence electrons. The van der Waals surface area contributed by atoms with Crippen LogP contribution in [-0.2, 0) is 0 Å². The molecule has 1 atom stereocenters. The summed E-state index contributed by atoms with van der Waals surface area (Å²) in [4.78, 5) is 26.2. The number of hydrogen-bond donors (Lipinski definition) is 2. The van der Waals surface area contributed by atoms with Crippen LogP contribution in [0.2, 0.25) is 0 Å². The van der Waals surface area contributed by atoms with Crippen LogP contribution in [0.15, 0.2) is 23.1 Å². The minimum atomic E-state index is -1.16. The Bertz CT molecular complexity index is 898. The summed E-state index contributed by atoms with van der Waals surface area (Å²) < 4.78 is 1.51. The first-order valence-corrected chi connectivity index (χ1v) is 8.40. The quantitative estimate of drug-likeness (QED) is 0.896. The molecule has 2 aliphatic rings. The largest absolute Gasteiger partial charge is 0.477 e. The van der Waals surface area contributed by atoms with Crippen LogP contribution in [0.25, 0.3) is 5.52 Å². The van der Waals surface area contributed by atoms with Gasteiger partial charge in [-0.3, -0.25) is 9.20 Å². The molecule has 0 radical (unpaired) electrons. The van der Waals surface area contributed by atoms with E-state index in [1.807, 2.05) is 13.0 Å². The van der Waals surface area contributed by atoms with E-state index in [4.69, 9.17) is 5.73 Å². The van der Waals surface area contributed by atoms with E-state index in [9.17, 15) is 14.7 Å². The van der Waals surface area contributed by atoms with E-state index >= 15 is 0 Å². The van der Waals surface area contributed by atoms with Crippen LogP contribution >= 0.6 is 0 Å². The molecule has 1 aliphatic carbocycles. The van der Waals surface area contributed by atoms with Gasteiger partial charge in [0.05, 0.1) is 5.52 Å². The summed E-state index contributed by atoms with van der Waals surface area (Å²) in [6.07, 6.45) is 4.77. The molecule has 1 aliphatic heterocycles. The lowest BCUT2D eigenvalue weighted by Gasteiger charge is -2.23. The SMILES string of the molecule is Cc1c(N2CC[C@H](N)C2)ccn2c(=O)c(C(=O)O)cc(C3CC3)c12. The van der Waals surface area contributed by atoms with Gasteiger partial charge in [-0.2, -0.15) is 0 Å². The molecule has 24 heavy (non-hydrogen) atoms. The van der Waals surface area contributed by atoms with Crippen LogP contribution in [0.5, 0.6) is 0 Å². The minimum absolute atomic E-state index is 0.148. The molecule has 3 heterocycles. The van der Waals surface area contributed by atoms with Gasteiger partial charge in [-0.1, -0.05) is 0 Å². The Labute approximate surface area is 139 Å². The molecule has 2 aromatic heterocycles. The van der Waals surface area contributed by atoms with Gasteiger partial charge in [-0.05, 0) is 55.4 Å². The van der Waals surface area contributed by atoms with Crippen molar-refractivity contribution in [3.05, 3.63) is 45.4 Å². The molecular formula is C18H21N3O3. The van der Waals surface area contributed by atoms with Crippen molar-refractivity contribution in [1.82, 2.24) is 4.40 Å². The van der Waals surface area contributed by atoms with E-state index < -0.39 is 11.5 Å². The average molecular weight is 327 g/mol. The number of nitrogens with two attached hydrogens (primary N) is 1. The fourth-order valence-electron chi connectivity index (χ4n) is 3.79. The summed E-state index contributed by atoms with van der Waals surface area (Å²) in [7, 11) is 0. The molecule has 0 aromatic carbocycles. The van der Waals surface area contributed by atoms with Crippen molar-refractivity contribution in [1.29, 1.82) is 0 Å². The third-order valence-electron chi connectivity index (χ3n) is 5.20. The normalized spacial score (nSPS) is 20.8. The summed E-state index contributed by atoms with van der Waals surface area (Å²) in [5.74, 6) is -0.808. The summed E-state index contributed by atoms with van der Waals surface area (Å²) >= 11 is 0. The first-order valence-electron chi connectivity index (χ1n) is 8.40. The van der Waals surface area contributed by atoms with E-state index in [-0.39, 0.29) is 11.6 Å². The summed E-state index contributed by atoms with van der Waals surface area (Å²) in [6, 6.07) is 3.67. The number of pyridine rings is 2. The van der Waals surface area contributed by atoms with Gasteiger partial charge < -0.3 is 15.7 Å². The highest BCUT2D eigenvalue weighted by atomic mass is 16.4. The third-order valence-corrected chi connectivity index (χ3v) is 5.20. The minimum Gasteiger partial charge on any atom is -0.477 e. The van der Waals surface area contributed by atoms with Crippen LogP contribution in [-0.4, -0.2) is 34.6 Å². The van der Waals surface area contributed by atoms with Crippen LogP contribution < -0.4 is 16.2 Å². The Morgan fingerprint density at radius 2 is 2.08 bits per heavy atom. The number of aromatic carboxylic acids is 1. The standard InChI is InChI=1S/C18H21N3O3/c1-10-15(20-6-4-12(19)9-20)5-7-21-16(10)13(11-2-3-11)8-14(17(21)22)18(23)24/h5,7-8,11-12H,2-4,6,9,19H2,1H3,(H,23,24)/t12-/m0/s1. The van der Waals surface area contributed by atoms with Crippen molar-refractivity contribution < 1.29 is 9.90 Å². The lowest BCUT2D eigenvalue weighted by atomic mass is 10.0. The average Bonchev–Trinajstić information content (AvgIpc) is 3.29. The van der Waals surface area contributed by atoms with Gasteiger partial charge in [0.1, 0.15) is 5.56 Å². The first kappa shape index (κ1) is 15.2. The predicted molar refractivity (Wildman–Crippen MR) is 92.1 cm³/mol. The number of nitrogens with zero attached hydrogens (tertiary/aromatic N) is 2. The van der Waals surface area contributed by atoms with Crippen molar-refractivity contribution in [2.24, 2.45) is 5.73 Å². The van der Waals surface area contributed by atoms with E-state index in [1.165, 1.54) is 4.40 Å². The molecule has 2 fully saturated rings. The van der Waals surface area contributed by atoms with Crippen LogP contribution in [0, 0.1) is 6.92 Å². The Hall–Kier alpha value is -2.34. The monoisotopic (exact) mass is 327 g/mol. The molecule has 1 saturated carbocycles. The van der Waals surface area contributed by atoms with Crippen LogP contribution in [0.3, 0.4) is 0 Å². The molecule has 0 unspecified atom stereocenters. The Morgan fingerprint density at radius 1 is 1.33 bits per heavy atom. The maximum absolute atomic E-state index is 12.6. The van der Waals surface area contributed by atoms with Crippen molar-refractivity contribution in [3.8, 4) is 0 Å². The summed E-state index contributed by atoms with van der Waals surface area (Å²) in [5.41, 5.74) is 9.38. The highest BCUT2D eigenvalue weighted by Crippen LogP contribution is 2.43. The highest BCUT2D eigenvalue weighted by Gasteiger charge is 2.30. The number of carboxylic acids is 1. The number of hydrogen-bond acceptors (Lipinski definition) is 4. The van der Waals surface area contributed by atoms with E-state index in [0.717, 1.165) is 54.7 Å². The molecule has 0 amide bonds. The zero-order valence-corrected chi connectivity index (χ0v) is 13.7. The van der Waals surface area contributed by atoms with Crippen LogP contribution in [0.4, 0.5) is 5.69 Å². The van der Waals surface area contributed by atoms with E-state index in [0.29, 0.717) is 5.92 Å². The second kappa shape index (κ2) is 5.34. The summed E-state index contributed by atoms with van der Waals surface area (Å²) in [6.45, 7) is 3.74. The van der Waals surface area contributed by atoms with Gasteiger partial charge in [0.15, 0.2) is 0 Å². The number of carboxylic acid groups (broad SMARTS) is 1. The maximum Gasteiger partial charge on any atom is 0.341 e. The molecule has 6 nitrogen and oxygen atoms in total. The van der Waals surface area contributed by atoms with Crippen molar-refractivity contribution in [2.75, 3.05) is 18.0 Å². The number of aryl methyl sites for hydroxylation is 1. The second-order valence-electron chi connectivity index (χ2n) is 6.94. The Balaban J connectivity index is 1.97. The number of carbonyl (C=O) groups is 1. The lowest BCUT2D eigenvalue weighted by Crippen LogP contribution is -2.28. The molecule has 1 saturated heterocycles. The molecule has 6 heteroatoms.